The van der Waals surface area contributed by atoms with Gasteiger partial charge < -0.3 is 9.84 Å². The number of hydrogen-bond donors (Lipinski definition) is 1. The molecular formula is C16H14O4. The summed E-state index contributed by atoms with van der Waals surface area (Å²) in [7, 11) is 0. The van der Waals surface area contributed by atoms with Gasteiger partial charge in [-0.1, -0.05) is 43.0 Å². The van der Waals surface area contributed by atoms with E-state index < -0.39 is 11.9 Å². The summed E-state index contributed by atoms with van der Waals surface area (Å²) in [6, 6.07) is 10.9. The average Bonchev–Trinajstić information content (AvgIpc) is 2.46. The molecule has 0 atom stereocenters. The molecule has 4 nitrogen and oxygen atoms in total. The Hall–Kier alpha value is -2.62. The quantitative estimate of drug-likeness (QED) is 0.670. The molecule has 2 aromatic rings. The predicted octanol–water partition coefficient (Wildman–Crippen LogP) is 2.81. The van der Waals surface area contributed by atoms with E-state index in [0.29, 0.717) is 17.4 Å². The largest absolute Gasteiger partial charge is 0.478 e. The van der Waals surface area contributed by atoms with Gasteiger partial charge in [0.1, 0.15) is 0 Å². The van der Waals surface area contributed by atoms with Crippen molar-refractivity contribution in [2.75, 3.05) is 6.61 Å². The molecule has 0 aromatic heterocycles. The maximum atomic E-state index is 11.5. The van der Waals surface area contributed by atoms with Crippen molar-refractivity contribution < 1.29 is 19.4 Å². The van der Waals surface area contributed by atoms with Crippen LogP contribution in [0.1, 0.15) is 15.9 Å². The van der Waals surface area contributed by atoms with Gasteiger partial charge >= 0.3 is 11.9 Å². The smallest absolute Gasteiger partial charge is 0.336 e. The number of hydrogen-bond acceptors (Lipinski definition) is 3. The van der Waals surface area contributed by atoms with Gasteiger partial charge in [-0.2, -0.15) is 0 Å². The molecule has 0 aliphatic rings. The first kappa shape index (κ1) is 13.8. The van der Waals surface area contributed by atoms with Crippen LogP contribution in [0.25, 0.3) is 10.8 Å². The van der Waals surface area contributed by atoms with Gasteiger partial charge in [0.05, 0.1) is 12.2 Å². The number of carboxylic acid groups (broad SMARTS) is 1. The molecule has 0 heterocycles. The van der Waals surface area contributed by atoms with Gasteiger partial charge in [-0.05, 0) is 16.3 Å². The molecule has 0 saturated heterocycles. The topological polar surface area (TPSA) is 63.6 Å². The van der Waals surface area contributed by atoms with Crippen molar-refractivity contribution in [3.8, 4) is 0 Å². The molecule has 0 aliphatic carbocycles. The van der Waals surface area contributed by atoms with Gasteiger partial charge in [0.25, 0.3) is 0 Å². The second-order valence-corrected chi connectivity index (χ2v) is 4.25. The number of carboxylic acids is 1. The van der Waals surface area contributed by atoms with Crippen molar-refractivity contribution in [3.05, 3.63) is 60.2 Å². The molecule has 0 unspecified atom stereocenters. The summed E-state index contributed by atoms with van der Waals surface area (Å²) in [5.74, 6) is -1.49. The molecule has 0 fully saturated rings. The van der Waals surface area contributed by atoms with Crippen LogP contribution in [0.5, 0.6) is 0 Å². The molecule has 102 valence electrons. The number of carbonyl (C=O) groups excluding carboxylic acids is 1. The van der Waals surface area contributed by atoms with Gasteiger partial charge in [0, 0.05) is 12.5 Å². The Morgan fingerprint density at radius 3 is 2.65 bits per heavy atom. The van der Waals surface area contributed by atoms with Crippen LogP contribution in [0, 0.1) is 0 Å². The van der Waals surface area contributed by atoms with Crippen molar-refractivity contribution in [2.45, 2.75) is 6.42 Å². The first-order valence-electron chi connectivity index (χ1n) is 6.16. The highest BCUT2D eigenvalue weighted by Gasteiger charge is 2.14. The molecule has 2 rings (SSSR count). The van der Waals surface area contributed by atoms with Crippen molar-refractivity contribution in [1.82, 2.24) is 0 Å². The van der Waals surface area contributed by atoms with Crippen LogP contribution in [0.4, 0.5) is 0 Å². The number of esters is 1. The third kappa shape index (κ3) is 2.85. The van der Waals surface area contributed by atoms with E-state index in [1.165, 1.54) is 0 Å². The highest BCUT2D eigenvalue weighted by molar-refractivity contribution is 6.05. The lowest BCUT2D eigenvalue weighted by Crippen LogP contribution is -2.09. The number of benzene rings is 2. The minimum Gasteiger partial charge on any atom is -0.478 e. The Morgan fingerprint density at radius 1 is 1.20 bits per heavy atom. The van der Waals surface area contributed by atoms with Crippen molar-refractivity contribution in [1.29, 1.82) is 0 Å². The number of rotatable bonds is 5. The summed E-state index contributed by atoms with van der Waals surface area (Å²) in [4.78, 5) is 22.4. The van der Waals surface area contributed by atoms with E-state index in [1.54, 1.807) is 18.2 Å². The summed E-state index contributed by atoms with van der Waals surface area (Å²) < 4.78 is 4.89. The average molecular weight is 270 g/mol. The van der Waals surface area contributed by atoms with Crippen LogP contribution in [0.2, 0.25) is 0 Å². The molecule has 0 amide bonds. The lowest BCUT2D eigenvalue weighted by atomic mass is 9.97. The highest BCUT2D eigenvalue weighted by atomic mass is 16.5. The second-order valence-electron chi connectivity index (χ2n) is 4.25. The zero-order valence-electron chi connectivity index (χ0n) is 10.8. The van der Waals surface area contributed by atoms with Crippen molar-refractivity contribution in [3.63, 3.8) is 0 Å². The summed E-state index contributed by atoms with van der Waals surface area (Å²) in [6.45, 7) is 3.43. The molecule has 0 saturated carbocycles. The van der Waals surface area contributed by atoms with E-state index in [0.717, 1.165) is 11.5 Å². The predicted molar refractivity (Wildman–Crippen MR) is 75.8 cm³/mol. The molecular weight excluding hydrogens is 256 g/mol. The third-order valence-electron chi connectivity index (χ3n) is 3.01. The SMILES string of the molecule is C=CC(=O)OCCc1ccc2ccccc2c1C(=O)O. The zero-order valence-corrected chi connectivity index (χ0v) is 10.8. The molecule has 0 radical (unpaired) electrons. The number of carbonyl (C=O) groups is 2. The van der Waals surface area contributed by atoms with E-state index >= 15 is 0 Å². The van der Waals surface area contributed by atoms with E-state index in [1.807, 2.05) is 18.2 Å². The van der Waals surface area contributed by atoms with Crippen LogP contribution in [-0.2, 0) is 16.0 Å². The Bertz CT molecular complexity index is 673. The first-order valence-corrected chi connectivity index (χ1v) is 6.16. The Balaban J connectivity index is 2.33. The summed E-state index contributed by atoms with van der Waals surface area (Å²) >= 11 is 0. The lowest BCUT2D eigenvalue weighted by Gasteiger charge is -2.09. The van der Waals surface area contributed by atoms with Gasteiger partial charge in [-0.15, -0.1) is 0 Å². The zero-order chi connectivity index (χ0) is 14.5. The van der Waals surface area contributed by atoms with Gasteiger partial charge in [-0.3, -0.25) is 0 Å². The Morgan fingerprint density at radius 2 is 1.95 bits per heavy atom. The summed E-state index contributed by atoms with van der Waals surface area (Å²) in [6.07, 6.45) is 1.44. The standard InChI is InChI=1S/C16H14O4/c1-2-14(17)20-10-9-12-8-7-11-5-3-4-6-13(11)15(12)16(18)19/h2-8H,1,9-10H2,(H,18,19). The molecule has 0 bridgehead atoms. The van der Waals surface area contributed by atoms with Crippen LogP contribution in [0.15, 0.2) is 49.1 Å². The molecule has 0 aliphatic heterocycles. The molecule has 20 heavy (non-hydrogen) atoms. The van der Waals surface area contributed by atoms with Gasteiger partial charge in [-0.25, -0.2) is 9.59 Å². The van der Waals surface area contributed by atoms with Gasteiger partial charge in [0.2, 0.25) is 0 Å². The highest BCUT2D eigenvalue weighted by Crippen LogP contribution is 2.23. The fourth-order valence-corrected chi connectivity index (χ4v) is 2.10. The van der Waals surface area contributed by atoms with Crippen LogP contribution < -0.4 is 0 Å². The maximum absolute atomic E-state index is 11.5. The monoisotopic (exact) mass is 270 g/mol. The van der Waals surface area contributed by atoms with Crippen LogP contribution >= 0.6 is 0 Å². The Kier molecular flexibility index (Phi) is 4.15. The first-order chi connectivity index (χ1) is 9.63. The van der Waals surface area contributed by atoms with E-state index in [4.69, 9.17) is 4.74 Å². The van der Waals surface area contributed by atoms with Gasteiger partial charge in [0.15, 0.2) is 0 Å². The fraction of sp³-hybridized carbons (Fsp3) is 0.125. The van der Waals surface area contributed by atoms with Crippen LogP contribution in [-0.4, -0.2) is 23.7 Å². The minimum absolute atomic E-state index is 0.128. The van der Waals surface area contributed by atoms with E-state index in [2.05, 4.69) is 6.58 Å². The molecule has 4 heteroatoms. The van der Waals surface area contributed by atoms with Crippen molar-refractivity contribution in [2.24, 2.45) is 0 Å². The minimum atomic E-state index is -0.980. The second kappa shape index (κ2) is 6.02. The van der Waals surface area contributed by atoms with Crippen molar-refractivity contribution >= 4 is 22.7 Å². The lowest BCUT2D eigenvalue weighted by molar-refractivity contribution is -0.137. The molecule has 1 N–H and O–H groups in total. The van der Waals surface area contributed by atoms with Crippen LogP contribution in [0.3, 0.4) is 0 Å². The third-order valence-corrected chi connectivity index (χ3v) is 3.01. The summed E-state index contributed by atoms with van der Waals surface area (Å²) in [5.41, 5.74) is 0.908. The van der Waals surface area contributed by atoms with E-state index in [-0.39, 0.29) is 12.2 Å². The van der Waals surface area contributed by atoms with E-state index in [9.17, 15) is 14.7 Å². The normalized spacial score (nSPS) is 10.2. The Labute approximate surface area is 116 Å². The molecule has 2 aromatic carbocycles. The number of ether oxygens (including phenoxy) is 1. The molecule has 0 spiro atoms. The fourth-order valence-electron chi connectivity index (χ4n) is 2.10. The summed E-state index contributed by atoms with van der Waals surface area (Å²) in [5, 5.41) is 11.0. The number of aromatic carboxylic acids is 1. The number of fused-ring (bicyclic) bond motifs is 1. The maximum Gasteiger partial charge on any atom is 0.336 e.